The van der Waals surface area contributed by atoms with E-state index in [0.29, 0.717) is 22.3 Å². The number of ether oxygens (including phenoxy) is 1. The molecule has 3 aromatic carbocycles. The van der Waals surface area contributed by atoms with Crippen molar-refractivity contribution in [3.8, 4) is 22.9 Å². The molecule has 2 heterocycles. The molecule has 1 atom stereocenters. The Morgan fingerprint density at radius 1 is 1.03 bits per heavy atom. The quantitative estimate of drug-likeness (QED) is 0.360. The lowest BCUT2D eigenvalue weighted by molar-refractivity contribution is 0.225. The molecule has 6 nitrogen and oxygen atoms in total. The van der Waals surface area contributed by atoms with E-state index < -0.39 is 6.23 Å². The van der Waals surface area contributed by atoms with Crippen molar-refractivity contribution in [2.75, 3.05) is 5.32 Å². The number of phenols is 1. The zero-order chi connectivity index (χ0) is 22.1. The van der Waals surface area contributed by atoms with E-state index >= 15 is 0 Å². The number of thioether (sulfide) groups is 1. The molecule has 32 heavy (non-hydrogen) atoms. The van der Waals surface area contributed by atoms with Gasteiger partial charge in [-0.2, -0.15) is 4.98 Å². The van der Waals surface area contributed by atoms with Crippen molar-refractivity contribution in [3.63, 3.8) is 0 Å². The minimum absolute atomic E-state index is 0.0116. The zero-order valence-electron chi connectivity index (χ0n) is 17.1. The van der Waals surface area contributed by atoms with E-state index in [0.717, 1.165) is 17.0 Å². The van der Waals surface area contributed by atoms with E-state index in [4.69, 9.17) is 16.3 Å². The summed E-state index contributed by atoms with van der Waals surface area (Å²) in [6.07, 6.45) is -0.663. The lowest BCUT2D eigenvalue weighted by atomic mass is 10.1. The molecule has 8 heteroatoms. The highest BCUT2D eigenvalue weighted by atomic mass is 35.5. The van der Waals surface area contributed by atoms with Gasteiger partial charge in [0.25, 0.3) is 0 Å². The molecule has 0 bridgehead atoms. The molecule has 5 rings (SSSR count). The number of anilines is 1. The minimum Gasteiger partial charge on any atom is -0.506 e. The van der Waals surface area contributed by atoms with Gasteiger partial charge in [-0.15, -0.1) is 10.2 Å². The topological polar surface area (TPSA) is 80.2 Å². The molecular formula is C24H19ClN4O2S. The molecule has 0 aliphatic carbocycles. The summed E-state index contributed by atoms with van der Waals surface area (Å²) in [6.45, 7) is 2.06. The van der Waals surface area contributed by atoms with E-state index in [-0.39, 0.29) is 10.8 Å². The number of phenolic OH excluding ortho intramolecular Hbond substituents is 1. The normalized spacial score (nSPS) is 14.5. The molecule has 4 aromatic rings. The molecule has 2 N–H and O–H groups in total. The maximum Gasteiger partial charge on any atom is 0.247 e. The summed E-state index contributed by atoms with van der Waals surface area (Å²) in [5, 5.41) is 22.9. The van der Waals surface area contributed by atoms with Gasteiger partial charge >= 0.3 is 0 Å². The van der Waals surface area contributed by atoms with Crippen molar-refractivity contribution in [3.05, 3.63) is 88.4 Å². The largest absolute Gasteiger partial charge is 0.506 e. The standard InChI is InChI=1S/C24H19ClN4O2S/c1-14-9-11-15(12-10-14)13-32-24-27-23-21(28-29-24)16-5-2-3-7-18(16)26-22(31-23)17-6-4-8-19(30)20(17)25/h2-12,22,26,30H,13H2,1H3/t22-/m0/s1. The number of aryl methyl sites for hydroxylation is 1. The van der Waals surface area contributed by atoms with E-state index in [9.17, 15) is 5.11 Å². The molecular weight excluding hydrogens is 444 g/mol. The Balaban J connectivity index is 1.50. The van der Waals surface area contributed by atoms with Gasteiger partial charge in [0.15, 0.2) is 11.9 Å². The van der Waals surface area contributed by atoms with Crippen LogP contribution >= 0.6 is 23.4 Å². The van der Waals surface area contributed by atoms with Crippen LogP contribution in [0.4, 0.5) is 5.69 Å². The smallest absolute Gasteiger partial charge is 0.247 e. The second-order valence-corrected chi connectivity index (χ2v) is 8.71. The maximum atomic E-state index is 10.1. The molecule has 1 aromatic heterocycles. The third-order valence-corrected chi connectivity index (χ3v) is 6.43. The number of hydrogen-bond acceptors (Lipinski definition) is 7. The van der Waals surface area contributed by atoms with Crippen molar-refractivity contribution < 1.29 is 9.84 Å². The molecule has 0 unspecified atom stereocenters. The van der Waals surface area contributed by atoms with E-state index in [1.54, 1.807) is 12.1 Å². The Kier molecular flexibility index (Phi) is 5.59. The van der Waals surface area contributed by atoms with Crippen LogP contribution in [0, 0.1) is 6.92 Å². The van der Waals surface area contributed by atoms with E-state index in [1.807, 2.05) is 24.3 Å². The molecule has 0 fully saturated rings. The second kappa shape index (κ2) is 8.68. The lowest BCUT2D eigenvalue weighted by Crippen LogP contribution is -2.17. The number of para-hydroxylation sites is 1. The number of halogens is 1. The van der Waals surface area contributed by atoms with Crippen LogP contribution in [-0.2, 0) is 5.75 Å². The van der Waals surface area contributed by atoms with Crippen LogP contribution in [0.1, 0.15) is 22.9 Å². The first-order valence-electron chi connectivity index (χ1n) is 10.0. The zero-order valence-corrected chi connectivity index (χ0v) is 18.7. The van der Waals surface area contributed by atoms with Gasteiger partial charge in [0, 0.05) is 22.6 Å². The van der Waals surface area contributed by atoms with Crippen molar-refractivity contribution in [2.24, 2.45) is 0 Å². The molecule has 0 amide bonds. The van der Waals surface area contributed by atoms with Crippen molar-refractivity contribution in [1.82, 2.24) is 15.2 Å². The number of nitrogens with zero attached hydrogens (tertiary/aromatic N) is 3. The Bertz CT molecular complexity index is 1280. The summed E-state index contributed by atoms with van der Waals surface area (Å²) in [5.74, 6) is 1.06. The Labute approximate surface area is 194 Å². The van der Waals surface area contributed by atoms with Gasteiger partial charge in [-0.3, -0.25) is 0 Å². The third kappa shape index (κ3) is 4.09. The lowest BCUT2D eigenvalue weighted by Gasteiger charge is -2.20. The van der Waals surface area contributed by atoms with Gasteiger partial charge in [0.05, 0.1) is 5.02 Å². The first-order chi connectivity index (χ1) is 15.6. The van der Waals surface area contributed by atoms with Crippen molar-refractivity contribution in [1.29, 1.82) is 0 Å². The fourth-order valence-electron chi connectivity index (χ4n) is 3.42. The highest BCUT2D eigenvalue weighted by Gasteiger charge is 2.27. The summed E-state index contributed by atoms with van der Waals surface area (Å²) < 4.78 is 6.24. The maximum absolute atomic E-state index is 10.1. The average molecular weight is 463 g/mol. The van der Waals surface area contributed by atoms with Crippen LogP contribution in [-0.4, -0.2) is 20.3 Å². The number of nitrogens with one attached hydrogen (secondary N) is 1. The summed E-state index contributed by atoms with van der Waals surface area (Å²) in [5.41, 5.74) is 5.19. The summed E-state index contributed by atoms with van der Waals surface area (Å²) in [7, 11) is 0. The van der Waals surface area contributed by atoms with Gasteiger partial charge in [0.2, 0.25) is 11.0 Å². The molecule has 160 valence electrons. The van der Waals surface area contributed by atoms with E-state index in [2.05, 4.69) is 51.7 Å². The van der Waals surface area contributed by atoms with Crippen molar-refractivity contribution >= 4 is 29.1 Å². The number of aromatic hydroxyl groups is 1. The summed E-state index contributed by atoms with van der Waals surface area (Å²) in [6, 6.07) is 21.1. The monoisotopic (exact) mass is 462 g/mol. The number of hydrogen-bond donors (Lipinski definition) is 2. The second-order valence-electron chi connectivity index (χ2n) is 7.39. The highest BCUT2D eigenvalue weighted by molar-refractivity contribution is 7.98. The van der Waals surface area contributed by atoms with E-state index in [1.165, 1.54) is 29.0 Å². The van der Waals surface area contributed by atoms with Gasteiger partial charge in [-0.05, 0) is 24.6 Å². The fourth-order valence-corrected chi connectivity index (χ4v) is 4.38. The fraction of sp³-hybridized carbons (Fsp3) is 0.125. The molecule has 1 aliphatic rings. The molecule has 0 spiro atoms. The van der Waals surface area contributed by atoms with Gasteiger partial charge in [-0.1, -0.05) is 83.5 Å². The first kappa shape index (κ1) is 20.6. The van der Waals surface area contributed by atoms with Gasteiger partial charge < -0.3 is 15.2 Å². The molecule has 0 saturated heterocycles. The molecule has 1 aliphatic heterocycles. The van der Waals surface area contributed by atoms with Crippen LogP contribution in [0.2, 0.25) is 5.02 Å². The predicted molar refractivity (Wildman–Crippen MR) is 126 cm³/mol. The van der Waals surface area contributed by atoms with Crippen LogP contribution in [0.5, 0.6) is 11.6 Å². The summed E-state index contributed by atoms with van der Waals surface area (Å²) in [4.78, 5) is 4.65. The number of rotatable bonds is 4. The average Bonchev–Trinajstić information content (AvgIpc) is 2.97. The SMILES string of the molecule is Cc1ccc(CSc2nnc3c(n2)O[C@@H](c2cccc(O)c2Cl)Nc2ccccc2-3)cc1. The van der Waals surface area contributed by atoms with Crippen LogP contribution < -0.4 is 10.1 Å². The number of benzene rings is 3. The van der Waals surface area contributed by atoms with Crippen LogP contribution in [0.15, 0.2) is 71.9 Å². The molecule has 0 saturated carbocycles. The van der Waals surface area contributed by atoms with Gasteiger partial charge in [-0.25, -0.2) is 0 Å². The minimum atomic E-state index is -0.663. The highest BCUT2D eigenvalue weighted by Crippen LogP contribution is 2.41. The van der Waals surface area contributed by atoms with Gasteiger partial charge in [0.1, 0.15) is 5.75 Å². The van der Waals surface area contributed by atoms with Crippen LogP contribution in [0.3, 0.4) is 0 Å². The van der Waals surface area contributed by atoms with Crippen LogP contribution in [0.25, 0.3) is 11.3 Å². The number of aromatic nitrogens is 3. The first-order valence-corrected chi connectivity index (χ1v) is 11.4. The Morgan fingerprint density at radius 3 is 2.69 bits per heavy atom. The predicted octanol–water partition coefficient (Wildman–Crippen LogP) is 6.00. The van der Waals surface area contributed by atoms with Crippen molar-refractivity contribution in [2.45, 2.75) is 24.1 Å². The molecule has 0 radical (unpaired) electrons. The summed E-state index contributed by atoms with van der Waals surface area (Å²) >= 11 is 7.86. The number of fused-ring (bicyclic) bond motifs is 3. The Morgan fingerprint density at radius 2 is 1.84 bits per heavy atom. The third-order valence-electron chi connectivity index (χ3n) is 5.11. The Hall–Kier alpha value is -3.29.